The molecule has 1 amide bonds. The second-order valence-corrected chi connectivity index (χ2v) is 6.05. The van der Waals surface area contributed by atoms with Gasteiger partial charge in [-0.25, -0.2) is 0 Å². The molecule has 0 N–H and O–H groups in total. The molecule has 0 unspecified atom stereocenters. The molecule has 132 valence electrons. The average Bonchev–Trinajstić information content (AvgIpc) is 2.85. The topological polar surface area (TPSA) is 75.8 Å². The smallest absolute Gasteiger partial charge is 0.269 e. The largest absolute Gasteiger partial charge is 0.279 e. The molecule has 0 aromatic heterocycles. The number of nitro groups is 1. The predicted molar refractivity (Wildman–Crippen MR) is 104 cm³/mol. The van der Waals surface area contributed by atoms with Crippen LogP contribution in [0.25, 0.3) is 0 Å². The van der Waals surface area contributed by atoms with Gasteiger partial charge in [0, 0.05) is 28.9 Å². The highest BCUT2D eigenvalue weighted by Gasteiger charge is 2.26. The Kier molecular flexibility index (Phi) is 4.22. The summed E-state index contributed by atoms with van der Waals surface area (Å²) in [5.74, 6) is -0.192. The van der Waals surface area contributed by atoms with Crippen LogP contribution in [0, 0.1) is 10.1 Å². The second-order valence-electron chi connectivity index (χ2n) is 6.05. The highest BCUT2D eigenvalue weighted by molar-refractivity contribution is 6.20. The maximum atomic E-state index is 12.9. The van der Waals surface area contributed by atoms with E-state index >= 15 is 0 Å². The number of non-ortho nitro benzene ring substituents is 1. The number of rotatable bonds is 3. The lowest BCUT2D eigenvalue weighted by atomic mass is 10.00. The van der Waals surface area contributed by atoms with Gasteiger partial charge in [0.25, 0.3) is 11.6 Å². The molecule has 27 heavy (non-hydrogen) atoms. The van der Waals surface area contributed by atoms with Crippen molar-refractivity contribution in [2.24, 2.45) is 4.99 Å². The lowest BCUT2D eigenvalue weighted by molar-refractivity contribution is -0.384. The van der Waals surface area contributed by atoms with Gasteiger partial charge in [-0.2, -0.15) is 0 Å². The third kappa shape index (κ3) is 3.08. The van der Waals surface area contributed by atoms with Crippen molar-refractivity contribution in [2.45, 2.75) is 0 Å². The van der Waals surface area contributed by atoms with Crippen LogP contribution in [-0.4, -0.2) is 23.1 Å². The number of benzodiazepines with no additional fused rings is 1. The fraction of sp³-hybridized carbons (Fsp3) is 0.0476. The van der Waals surface area contributed by atoms with Gasteiger partial charge in [-0.05, 0) is 18.2 Å². The lowest BCUT2D eigenvalue weighted by Crippen LogP contribution is -2.27. The number of amides is 1. The quantitative estimate of drug-likeness (QED) is 0.523. The number of hydrogen-bond acceptors (Lipinski definition) is 4. The highest BCUT2D eigenvalue weighted by Crippen LogP contribution is 2.33. The number of nitro benzene ring substituents is 1. The third-order valence-corrected chi connectivity index (χ3v) is 4.39. The Balaban J connectivity index is 1.84. The Morgan fingerprint density at radius 2 is 1.56 bits per heavy atom. The number of para-hydroxylation sites is 1. The Labute approximate surface area is 155 Å². The van der Waals surface area contributed by atoms with Crippen molar-refractivity contribution in [3.05, 3.63) is 100 Å². The Bertz CT molecular complexity index is 1040. The van der Waals surface area contributed by atoms with E-state index in [1.54, 1.807) is 17.0 Å². The van der Waals surface area contributed by atoms with E-state index in [2.05, 4.69) is 4.99 Å². The van der Waals surface area contributed by atoms with E-state index < -0.39 is 4.92 Å². The molecule has 1 heterocycles. The van der Waals surface area contributed by atoms with Gasteiger partial charge in [0.15, 0.2) is 0 Å². The maximum Gasteiger partial charge on any atom is 0.269 e. The Morgan fingerprint density at radius 1 is 0.889 bits per heavy atom. The number of anilines is 2. The summed E-state index contributed by atoms with van der Waals surface area (Å²) >= 11 is 0. The van der Waals surface area contributed by atoms with Gasteiger partial charge in [0.05, 0.1) is 16.3 Å². The highest BCUT2D eigenvalue weighted by atomic mass is 16.6. The van der Waals surface area contributed by atoms with Crippen molar-refractivity contribution in [2.75, 3.05) is 11.4 Å². The molecule has 0 spiro atoms. The molecule has 6 nitrogen and oxygen atoms in total. The predicted octanol–water partition coefficient (Wildman–Crippen LogP) is 4.11. The van der Waals surface area contributed by atoms with E-state index in [9.17, 15) is 14.9 Å². The van der Waals surface area contributed by atoms with Crippen molar-refractivity contribution >= 4 is 28.7 Å². The monoisotopic (exact) mass is 357 g/mol. The van der Waals surface area contributed by atoms with Gasteiger partial charge in [0.2, 0.25) is 0 Å². The average molecular weight is 357 g/mol. The molecule has 4 rings (SSSR count). The van der Waals surface area contributed by atoms with Crippen LogP contribution in [0.1, 0.15) is 11.1 Å². The summed E-state index contributed by atoms with van der Waals surface area (Å²) in [4.78, 5) is 29.4. The van der Waals surface area contributed by atoms with Gasteiger partial charge >= 0.3 is 0 Å². The summed E-state index contributed by atoms with van der Waals surface area (Å²) < 4.78 is 0. The molecule has 3 aromatic rings. The first kappa shape index (κ1) is 16.7. The zero-order valence-corrected chi connectivity index (χ0v) is 14.3. The summed E-state index contributed by atoms with van der Waals surface area (Å²) in [6.45, 7) is -0.00407. The number of hydrogen-bond donors (Lipinski definition) is 0. The Morgan fingerprint density at radius 3 is 2.26 bits per heavy atom. The van der Waals surface area contributed by atoms with Crippen LogP contribution >= 0.6 is 0 Å². The molecule has 0 saturated carbocycles. The van der Waals surface area contributed by atoms with Crippen LogP contribution in [0.15, 0.2) is 83.9 Å². The van der Waals surface area contributed by atoms with E-state index in [1.165, 1.54) is 12.1 Å². The maximum absolute atomic E-state index is 12.9. The fourth-order valence-corrected chi connectivity index (χ4v) is 3.16. The zero-order valence-electron chi connectivity index (χ0n) is 14.3. The molecule has 3 aromatic carbocycles. The molecule has 0 atom stereocenters. The van der Waals surface area contributed by atoms with Gasteiger partial charge in [-0.15, -0.1) is 0 Å². The number of aliphatic imine (C=N–C) groups is 1. The van der Waals surface area contributed by atoms with Crippen LogP contribution in [-0.2, 0) is 4.79 Å². The van der Waals surface area contributed by atoms with Crippen LogP contribution in [0.2, 0.25) is 0 Å². The number of nitrogens with zero attached hydrogens (tertiary/aromatic N) is 3. The van der Waals surface area contributed by atoms with Gasteiger partial charge in [-0.1, -0.05) is 48.5 Å². The van der Waals surface area contributed by atoms with Gasteiger partial charge in [-0.3, -0.25) is 24.8 Å². The minimum Gasteiger partial charge on any atom is -0.279 e. The standard InChI is InChI=1S/C21H15N3O3/c25-20-14-22-21(15-6-2-1-3-7-15)18-8-4-5-9-19(18)23(20)16-10-12-17(13-11-16)24(26)27/h1-13H,14H2. The van der Waals surface area contributed by atoms with E-state index in [0.29, 0.717) is 11.4 Å². The van der Waals surface area contributed by atoms with E-state index in [4.69, 9.17) is 0 Å². The molecule has 0 radical (unpaired) electrons. The van der Waals surface area contributed by atoms with Crippen LogP contribution in [0.3, 0.4) is 0 Å². The lowest BCUT2D eigenvalue weighted by Gasteiger charge is -2.23. The molecule has 0 saturated heterocycles. The van der Waals surface area contributed by atoms with E-state index in [0.717, 1.165) is 16.8 Å². The summed E-state index contributed by atoms with van der Waals surface area (Å²) in [5, 5.41) is 10.9. The first-order chi connectivity index (χ1) is 13.1. The number of carbonyl (C=O) groups is 1. The van der Waals surface area contributed by atoms with E-state index in [1.807, 2.05) is 54.6 Å². The van der Waals surface area contributed by atoms with E-state index in [-0.39, 0.29) is 18.1 Å². The minimum absolute atomic E-state index is 0.00407. The minimum atomic E-state index is -0.460. The van der Waals surface area contributed by atoms with Crippen molar-refractivity contribution in [1.29, 1.82) is 0 Å². The molecule has 6 heteroatoms. The van der Waals surface area contributed by atoms with Crippen molar-refractivity contribution in [3.8, 4) is 0 Å². The normalized spacial score (nSPS) is 13.6. The SMILES string of the molecule is O=C1CN=C(c2ccccc2)c2ccccc2N1c1ccc([N+](=O)[O-])cc1. The summed E-state index contributed by atoms with van der Waals surface area (Å²) in [7, 11) is 0. The molecule has 1 aliphatic heterocycles. The molecular formula is C21H15N3O3. The number of carbonyl (C=O) groups excluding carboxylic acids is 1. The van der Waals surface area contributed by atoms with Crippen molar-refractivity contribution in [1.82, 2.24) is 0 Å². The van der Waals surface area contributed by atoms with Crippen LogP contribution < -0.4 is 4.90 Å². The molecule has 0 fully saturated rings. The summed E-state index contributed by atoms with van der Waals surface area (Å²) in [6, 6.07) is 23.2. The van der Waals surface area contributed by atoms with Crippen LogP contribution in [0.4, 0.5) is 17.1 Å². The van der Waals surface area contributed by atoms with Crippen molar-refractivity contribution in [3.63, 3.8) is 0 Å². The van der Waals surface area contributed by atoms with Crippen molar-refractivity contribution < 1.29 is 9.72 Å². The van der Waals surface area contributed by atoms with Crippen LogP contribution in [0.5, 0.6) is 0 Å². The first-order valence-electron chi connectivity index (χ1n) is 8.42. The molecule has 0 bridgehead atoms. The fourth-order valence-electron chi connectivity index (χ4n) is 3.16. The molecular weight excluding hydrogens is 342 g/mol. The third-order valence-electron chi connectivity index (χ3n) is 4.39. The molecule has 1 aliphatic rings. The summed E-state index contributed by atoms with van der Waals surface area (Å²) in [6.07, 6.45) is 0. The first-order valence-corrected chi connectivity index (χ1v) is 8.42. The Hall–Kier alpha value is -3.80. The summed E-state index contributed by atoms with van der Waals surface area (Å²) in [5.41, 5.74) is 3.79. The second kappa shape index (κ2) is 6.84. The molecule has 0 aliphatic carbocycles. The van der Waals surface area contributed by atoms with Gasteiger partial charge in [0.1, 0.15) is 6.54 Å². The number of benzene rings is 3. The zero-order chi connectivity index (χ0) is 18.8. The number of fused-ring (bicyclic) bond motifs is 1. The van der Waals surface area contributed by atoms with Gasteiger partial charge < -0.3 is 0 Å².